The Balaban J connectivity index is 0. The monoisotopic (exact) mass is 239 g/mol. The number of hydrogen-bond donors (Lipinski definition) is 0. The van der Waals surface area contributed by atoms with Crippen molar-refractivity contribution in [3.8, 4) is 0 Å². The van der Waals surface area contributed by atoms with E-state index >= 15 is 0 Å². The van der Waals surface area contributed by atoms with Gasteiger partial charge in [-0.1, -0.05) is 39.7 Å². The standard InChI is InChI=1S/C8H14N.C2H6.Rb/c1-7(2)8-3-5-9-6-4-8;1-2;/h3,7H,4-6H2,1-2H3;1-2H3;/q-1;;+1. The second-order valence-corrected chi connectivity index (χ2v) is 2.81. The maximum absolute atomic E-state index is 4.23. The third-order valence-electron chi connectivity index (χ3n) is 1.78. The van der Waals surface area contributed by atoms with Gasteiger partial charge in [0.2, 0.25) is 0 Å². The maximum Gasteiger partial charge on any atom is 1.00 e. The van der Waals surface area contributed by atoms with Crippen LogP contribution in [0.2, 0.25) is 0 Å². The molecule has 12 heavy (non-hydrogen) atoms. The second-order valence-electron chi connectivity index (χ2n) is 2.81. The van der Waals surface area contributed by atoms with Gasteiger partial charge >= 0.3 is 58.2 Å². The summed E-state index contributed by atoms with van der Waals surface area (Å²) >= 11 is 0. The topological polar surface area (TPSA) is 14.1 Å². The molecule has 0 aromatic rings. The van der Waals surface area contributed by atoms with Crippen LogP contribution in [-0.4, -0.2) is 13.1 Å². The minimum Gasteiger partial charge on any atom is -0.659 e. The molecule has 0 fully saturated rings. The SMILES string of the molecule is CC.CC(C)C1=CC[N-]CC1.[Rb+]. The Labute approximate surface area is 126 Å². The second kappa shape index (κ2) is 10.6. The number of hydrogen-bond acceptors (Lipinski definition) is 0. The van der Waals surface area contributed by atoms with Gasteiger partial charge in [0.25, 0.3) is 0 Å². The molecule has 1 nitrogen and oxygen atoms in total. The molecule has 0 saturated heterocycles. The van der Waals surface area contributed by atoms with Crippen LogP contribution in [0.5, 0.6) is 0 Å². The van der Waals surface area contributed by atoms with Crippen LogP contribution in [0.4, 0.5) is 0 Å². The zero-order valence-electron chi connectivity index (χ0n) is 9.22. The molecule has 0 aliphatic carbocycles. The molecule has 0 atom stereocenters. The van der Waals surface area contributed by atoms with Gasteiger partial charge in [-0.25, -0.2) is 0 Å². The molecule has 0 bridgehead atoms. The minimum absolute atomic E-state index is 0. The quantitative estimate of drug-likeness (QED) is 0.588. The Morgan fingerprint density at radius 1 is 1.33 bits per heavy atom. The van der Waals surface area contributed by atoms with E-state index in [9.17, 15) is 0 Å². The smallest absolute Gasteiger partial charge is 0.659 e. The van der Waals surface area contributed by atoms with Crippen molar-refractivity contribution in [2.45, 2.75) is 34.1 Å². The maximum atomic E-state index is 4.23. The summed E-state index contributed by atoms with van der Waals surface area (Å²) in [5.74, 6) is 0.737. The van der Waals surface area contributed by atoms with Crippen molar-refractivity contribution in [2.24, 2.45) is 5.92 Å². The van der Waals surface area contributed by atoms with E-state index < -0.39 is 0 Å². The molecule has 0 unspecified atom stereocenters. The van der Waals surface area contributed by atoms with Crippen molar-refractivity contribution in [1.82, 2.24) is 0 Å². The van der Waals surface area contributed by atoms with Gasteiger partial charge in [-0.3, -0.25) is 0 Å². The predicted molar refractivity (Wildman–Crippen MR) is 52.0 cm³/mol. The molecular weight excluding hydrogens is 220 g/mol. The molecule has 1 rings (SSSR count). The summed E-state index contributed by atoms with van der Waals surface area (Å²) in [6.07, 6.45) is 3.45. The van der Waals surface area contributed by atoms with Crippen LogP contribution >= 0.6 is 0 Å². The normalized spacial score (nSPS) is 15.6. The molecule has 66 valence electrons. The van der Waals surface area contributed by atoms with Crippen LogP contribution in [0.3, 0.4) is 0 Å². The Kier molecular flexibility index (Phi) is 14.1. The van der Waals surface area contributed by atoms with Crippen LogP contribution in [0, 0.1) is 5.92 Å². The molecule has 2 heteroatoms. The number of nitrogens with zero attached hydrogens (tertiary/aromatic N) is 1. The molecule has 0 N–H and O–H groups in total. The van der Waals surface area contributed by atoms with Crippen molar-refractivity contribution in [1.29, 1.82) is 0 Å². The van der Waals surface area contributed by atoms with Crippen LogP contribution in [0.25, 0.3) is 5.32 Å². The summed E-state index contributed by atoms with van der Waals surface area (Å²) in [7, 11) is 0. The van der Waals surface area contributed by atoms with E-state index in [1.807, 2.05) is 13.8 Å². The zero-order chi connectivity index (χ0) is 8.69. The fourth-order valence-electron chi connectivity index (χ4n) is 1.11. The summed E-state index contributed by atoms with van der Waals surface area (Å²) in [4.78, 5) is 0. The molecule has 0 radical (unpaired) electrons. The Hall–Kier alpha value is 1.51. The zero-order valence-corrected chi connectivity index (χ0v) is 14.1. The first kappa shape index (κ1) is 16.0. The van der Waals surface area contributed by atoms with Gasteiger partial charge in [0, 0.05) is 0 Å². The van der Waals surface area contributed by atoms with E-state index in [2.05, 4.69) is 25.2 Å². The molecule has 1 aliphatic heterocycles. The Morgan fingerprint density at radius 2 is 1.92 bits per heavy atom. The molecule has 0 saturated carbocycles. The van der Waals surface area contributed by atoms with Gasteiger partial charge in [0.05, 0.1) is 0 Å². The fourth-order valence-corrected chi connectivity index (χ4v) is 1.11. The third kappa shape index (κ3) is 6.96. The van der Waals surface area contributed by atoms with Crippen molar-refractivity contribution in [2.75, 3.05) is 13.1 Å². The molecule has 0 spiro atoms. The van der Waals surface area contributed by atoms with Crippen molar-refractivity contribution in [3.63, 3.8) is 0 Å². The van der Waals surface area contributed by atoms with Gasteiger partial charge in [0.15, 0.2) is 0 Å². The molecule has 0 aromatic carbocycles. The van der Waals surface area contributed by atoms with Crippen molar-refractivity contribution >= 4 is 0 Å². The predicted octanol–water partition coefficient (Wildman–Crippen LogP) is 0.376. The number of rotatable bonds is 1. The van der Waals surface area contributed by atoms with E-state index in [1.54, 1.807) is 5.57 Å². The van der Waals surface area contributed by atoms with E-state index in [1.165, 1.54) is 6.42 Å². The third-order valence-corrected chi connectivity index (χ3v) is 1.78. The Bertz CT molecular complexity index is 119. The van der Waals surface area contributed by atoms with Gasteiger partial charge < -0.3 is 5.32 Å². The van der Waals surface area contributed by atoms with E-state index in [-0.39, 0.29) is 58.2 Å². The Morgan fingerprint density at radius 3 is 2.17 bits per heavy atom. The van der Waals surface area contributed by atoms with Gasteiger partial charge in [-0.05, 0) is 5.92 Å². The van der Waals surface area contributed by atoms with Crippen LogP contribution in [0.15, 0.2) is 11.6 Å². The first-order valence-electron chi connectivity index (χ1n) is 4.63. The first-order chi connectivity index (χ1) is 5.30. The summed E-state index contributed by atoms with van der Waals surface area (Å²) in [5.41, 5.74) is 1.59. The molecule has 0 aromatic heterocycles. The molecular formula is C10H20NRb. The molecule has 0 amide bonds. The minimum atomic E-state index is 0. The first-order valence-corrected chi connectivity index (χ1v) is 4.63. The molecule has 1 aliphatic rings. The van der Waals surface area contributed by atoms with Gasteiger partial charge in [-0.15, -0.1) is 19.2 Å². The summed E-state index contributed by atoms with van der Waals surface area (Å²) < 4.78 is 0. The van der Waals surface area contributed by atoms with Crippen LogP contribution < -0.4 is 58.2 Å². The van der Waals surface area contributed by atoms with Gasteiger partial charge in [0.1, 0.15) is 0 Å². The van der Waals surface area contributed by atoms with Crippen LogP contribution in [0.1, 0.15) is 34.1 Å². The summed E-state index contributed by atoms with van der Waals surface area (Å²) in [5, 5.41) is 4.23. The van der Waals surface area contributed by atoms with E-state index in [4.69, 9.17) is 0 Å². The molecule has 1 heterocycles. The van der Waals surface area contributed by atoms with Crippen molar-refractivity contribution in [3.05, 3.63) is 17.0 Å². The fraction of sp³-hybridized carbons (Fsp3) is 0.800. The van der Waals surface area contributed by atoms with Crippen molar-refractivity contribution < 1.29 is 58.2 Å². The van der Waals surface area contributed by atoms with E-state index in [0.717, 1.165) is 19.0 Å². The average Bonchev–Trinajstić information content (AvgIpc) is 2.10. The van der Waals surface area contributed by atoms with E-state index in [0.29, 0.717) is 0 Å². The largest absolute Gasteiger partial charge is 1.00 e. The van der Waals surface area contributed by atoms with Gasteiger partial charge in [-0.2, -0.15) is 0 Å². The summed E-state index contributed by atoms with van der Waals surface area (Å²) in [6, 6.07) is 0. The van der Waals surface area contributed by atoms with Crippen LogP contribution in [-0.2, 0) is 0 Å². The average molecular weight is 240 g/mol. The summed E-state index contributed by atoms with van der Waals surface area (Å²) in [6.45, 7) is 10.5.